The van der Waals surface area contributed by atoms with Crippen molar-refractivity contribution in [3.8, 4) is 0 Å². The number of esters is 4. The average molecular weight is 1280 g/mol. The van der Waals surface area contributed by atoms with E-state index < -0.39 is 97.5 Å². The van der Waals surface area contributed by atoms with E-state index in [0.717, 1.165) is 116 Å². The van der Waals surface area contributed by atoms with Gasteiger partial charge in [0.15, 0.2) is 12.2 Å². The molecule has 3 N–H and O–H groups in total. The lowest BCUT2D eigenvalue weighted by atomic mass is 10.0. The molecule has 19 heteroatoms. The predicted molar refractivity (Wildman–Crippen MR) is 349 cm³/mol. The van der Waals surface area contributed by atoms with Crippen LogP contribution in [-0.2, 0) is 65.4 Å². The summed E-state index contributed by atoms with van der Waals surface area (Å²) in [6, 6.07) is 0. The molecule has 0 aromatic carbocycles. The number of aliphatic hydroxyl groups excluding tert-OH is 1. The quantitative estimate of drug-likeness (QED) is 0.0169. The summed E-state index contributed by atoms with van der Waals surface area (Å²) >= 11 is 0. The lowest BCUT2D eigenvalue weighted by Crippen LogP contribution is -2.30. The molecule has 0 rings (SSSR count). The third-order valence-corrected chi connectivity index (χ3v) is 17.1. The van der Waals surface area contributed by atoms with Gasteiger partial charge in [-0.25, -0.2) is 9.13 Å². The summed E-state index contributed by atoms with van der Waals surface area (Å²) in [7, 11) is -9.90. The van der Waals surface area contributed by atoms with Crippen LogP contribution in [0.15, 0.2) is 24.3 Å². The van der Waals surface area contributed by atoms with E-state index in [1.54, 1.807) is 0 Å². The van der Waals surface area contributed by atoms with E-state index in [-0.39, 0.29) is 25.7 Å². The molecular weight excluding hydrogens is 1150 g/mol. The second-order valence-corrected chi connectivity index (χ2v) is 26.8. The Morgan fingerprint density at radius 3 is 0.839 bits per heavy atom. The van der Waals surface area contributed by atoms with E-state index >= 15 is 0 Å². The first-order valence-electron chi connectivity index (χ1n) is 35.1. The number of unbranched alkanes of at least 4 members (excludes halogenated alkanes) is 38. The number of aliphatic hydroxyl groups is 1. The van der Waals surface area contributed by atoms with Crippen LogP contribution < -0.4 is 0 Å². The van der Waals surface area contributed by atoms with Crippen LogP contribution in [0.3, 0.4) is 0 Å². The summed E-state index contributed by atoms with van der Waals surface area (Å²) in [6.45, 7) is 4.82. The van der Waals surface area contributed by atoms with Crippen LogP contribution in [0.25, 0.3) is 0 Å². The molecule has 0 spiro atoms. The van der Waals surface area contributed by atoms with Crippen LogP contribution in [0.5, 0.6) is 0 Å². The van der Waals surface area contributed by atoms with Crippen LogP contribution in [0.1, 0.15) is 329 Å². The largest absolute Gasteiger partial charge is 0.472 e. The topological polar surface area (TPSA) is 237 Å². The second kappa shape index (κ2) is 62.4. The Labute approximate surface area is 529 Å². The number of hydrogen-bond acceptors (Lipinski definition) is 15. The second-order valence-electron chi connectivity index (χ2n) is 23.9. The molecule has 0 aliphatic heterocycles. The first-order chi connectivity index (χ1) is 42.2. The van der Waals surface area contributed by atoms with Crippen LogP contribution in [-0.4, -0.2) is 96.7 Å². The van der Waals surface area contributed by atoms with E-state index in [9.17, 15) is 43.2 Å². The van der Waals surface area contributed by atoms with E-state index in [2.05, 4.69) is 52.0 Å². The van der Waals surface area contributed by atoms with Crippen molar-refractivity contribution in [3.05, 3.63) is 24.3 Å². The Balaban J connectivity index is 5.25. The number of carbonyl (C=O) groups is 4. The Morgan fingerprint density at radius 1 is 0.322 bits per heavy atom. The zero-order chi connectivity index (χ0) is 64.0. The van der Waals surface area contributed by atoms with Crippen molar-refractivity contribution in [3.63, 3.8) is 0 Å². The van der Waals surface area contributed by atoms with Crippen LogP contribution in [0, 0.1) is 0 Å². The van der Waals surface area contributed by atoms with Gasteiger partial charge in [-0.3, -0.25) is 37.3 Å². The van der Waals surface area contributed by atoms with Crippen molar-refractivity contribution in [2.45, 2.75) is 348 Å². The highest BCUT2D eigenvalue weighted by atomic mass is 31.2. The third kappa shape index (κ3) is 62.1. The lowest BCUT2D eigenvalue weighted by Gasteiger charge is -2.21. The van der Waals surface area contributed by atoms with Gasteiger partial charge in [-0.1, -0.05) is 277 Å². The first kappa shape index (κ1) is 84.5. The number of phosphoric ester groups is 2. The maximum absolute atomic E-state index is 13.0. The molecule has 0 radical (unpaired) electrons. The summed E-state index contributed by atoms with van der Waals surface area (Å²) < 4.78 is 68.0. The zero-order valence-electron chi connectivity index (χ0n) is 55.5. The fraction of sp³-hybridized carbons (Fsp3) is 0.882. The summed E-state index contributed by atoms with van der Waals surface area (Å²) in [4.78, 5) is 72.3. The van der Waals surface area contributed by atoms with Gasteiger partial charge >= 0.3 is 39.5 Å². The van der Waals surface area contributed by atoms with E-state index in [1.807, 2.05) is 0 Å². The molecule has 2 unspecified atom stereocenters. The van der Waals surface area contributed by atoms with Gasteiger partial charge < -0.3 is 33.8 Å². The normalized spacial score (nSPS) is 14.2. The molecule has 0 saturated carbocycles. The van der Waals surface area contributed by atoms with Crippen LogP contribution >= 0.6 is 15.6 Å². The fourth-order valence-electron chi connectivity index (χ4n) is 9.80. The van der Waals surface area contributed by atoms with Gasteiger partial charge in [0.2, 0.25) is 0 Å². The lowest BCUT2D eigenvalue weighted by molar-refractivity contribution is -0.161. The standard InChI is InChI=1S/C68H128O17P2/c1-5-9-13-17-21-24-27-29-31-33-36-39-43-47-51-55-68(73)85-64(59-79-66(71)53-49-45-41-37-35-32-30-28-25-22-18-14-10-6-2)61-83-87(76,77)81-57-62(69)56-80-86(74,75)82-60-63(58-78-65(70)52-48-44-40-20-16-12-8-4)84-67(72)54-50-46-42-38-34-26-23-19-15-11-7-3/h24,27,29,31,62-64,69H,5-23,25-26,28,30,32-61H2,1-4H3,(H,74,75)(H,76,77)/b27-24-,31-29-/t62-,63+,64+/m0/s1. The van der Waals surface area contributed by atoms with Gasteiger partial charge in [-0.05, 0) is 51.4 Å². The average Bonchev–Trinajstić information content (AvgIpc) is 3.65. The monoisotopic (exact) mass is 1280 g/mol. The summed E-state index contributed by atoms with van der Waals surface area (Å²) in [5, 5.41) is 10.5. The number of ether oxygens (including phenoxy) is 4. The Bertz CT molecular complexity index is 1760. The molecule has 5 atom stereocenters. The maximum Gasteiger partial charge on any atom is 0.472 e. The number of allylic oxidation sites excluding steroid dienone is 4. The minimum absolute atomic E-state index is 0.0858. The van der Waals surface area contributed by atoms with E-state index in [0.29, 0.717) is 25.7 Å². The molecular formula is C68H128O17P2. The zero-order valence-corrected chi connectivity index (χ0v) is 57.3. The van der Waals surface area contributed by atoms with Crippen molar-refractivity contribution in [2.24, 2.45) is 0 Å². The van der Waals surface area contributed by atoms with Gasteiger partial charge in [0.25, 0.3) is 0 Å². The first-order valence-corrected chi connectivity index (χ1v) is 38.1. The van der Waals surface area contributed by atoms with Crippen molar-refractivity contribution in [2.75, 3.05) is 39.6 Å². The van der Waals surface area contributed by atoms with Gasteiger partial charge in [-0.15, -0.1) is 0 Å². The van der Waals surface area contributed by atoms with Crippen LogP contribution in [0.2, 0.25) is 0 Å². The number of carbonyl (C=O) groups excluding carboxylic acids is 4. The Morgan fingerprint density at radius 2 is 0.552 bits per heavy atom. The number of hydrogen-bond donors (Lipinski definition) is 3. The molecule has 0 aliphatic carbocycles. The van der Waals surface area contributed by atoms with Crippen molar-refractivity contribution in [1.29, 1.82) is 0 Å². The number of phosphoric acid groups is 2. The Hall–Kier alpha value is -2.46. The smallest absolute Gasteiger partial charge is 0.462 e. The summed E-state index contributed by atoms with van der Waals surface area (Å²) in [5.74, 6) is -2.16. The molecule has 0 amide bonds. The summed E-state index contributed by atoms with van der Waals surface area (Å²) in [5.41, 5.74) is 0. The minimum atomic E-state index is -4.96. The van der Waals surface area contributed by atoms with Gasteiger partial charge in [0.05, 0.1) is 26.4 Å². The summed E-state index contributed by atoms with van der Waals surface area (Å²) in [6.07, 6.45) is 52.2. The molecule has 512 valence electrons. The molecule has 0 bridgehead atoms. The van der Waals surface area contributed by atoms with Crippen LogP contribution in [0.4, 0.5) is 0 Å². The van der Waals surface area contributed by atoms with Gasteiger partial charge in [0.1, 0.15) is 19.3 Å². The molecule has 0 saturated heterocycles. The molecule has 17 nitrogen and oxygen atoms in total. The molecule has 0 aromatic rings. The molecule has 0 heterocycles. The third-order valence-electron chi connectivity index (χ3n) is 15.2. The Kier molecular flexibility index (Phi) is 60.6. The van der Waals surface area contributed by atoms with Crippen molar-refractivity contribution < 1.29 is 80.2 Å². The van der Waals surface area contributed by atoms with Crippen molar-refractivity contribution >= 4 is 39.5 Å². The fourth-order valence-corrected chi connectivity index (χ4v) is 11.4. The molecule has 87 heavy (non-hydrogen) atoms. The highest BCUT2D eigenvalue weighted by molar-refractivity contribution is 7.47. The van der Waals surface area contributed by atoms with Gasteiger partial charge in [-0.2, -0.15) is 0 Å². The molecule has 0 fully saturated rings. The highest BCUT2D eigenvalue weighted by Crippen LogP contribution is 2.45. The highest BCUT2D eigenvalue weighted by Gasteiger charge is 2.30. The molecule has 0 aliphatic rings. The minimum Gasteiger partial charge on any atom is -0.462 e. The van der Waals surface area contributed by atoms with E-state index in [4.69, 9.17) is 37.0 Å². The van der Waals surface area contributed by atoms with Crippen molar-refractivity contribution in [1.82, 2.24) is 0 Å². The number of rotatable bonds is 67. The SMILES string of the molecule is CCCCCC/C=C\C=C/CCCCCCCC(=O)O[C@H](COC(=O)CCCCCCCCCCCCCCCC)COP(=O)(O)OC[C@@H](O)COP(=O)(O)OC[C@@H](COC(=O)CCCCCCCCC)OC(=O)CCCCCCCCCCCCC. The maximum atomic E-state index is 13.0. The van der Waals surface area contributed by atoms with E-state index in [1.165, 1.54) is 135 Å². The van der Waals surface area contributed by atoms with Gasteiger partial charge in [0, 0.05) is 25.7 Å². The predicted octanol–water partition coefficient (Wildman–Crippen LogP) is 19.1. The molecule has 0 aromatic heterocycles.